The first-order valence-electron chi connectivity index (χ1n) is 8.60. The minimum atomic E-state index is -0.493. The zero-order valence-corrected chi connectivity index (χ0v) is 15.7. The lowest BCUT2D eigenvalue weighted by Crippen LogP contribution is -2.15. The molecule has 0 aliphatic carbocycles. The Morgan fingerprint density at radius 1 is 1.33 bits per heavy atom. The molecule has 138 valence electrons. The number of ether oxygens (including phenoxy) is 1. The molecule has 0 atom stereocenters. The van der Waals surface area contributed by atoms with E-state index in [2.05, 4.69) is 22.1 Å². The number of carbonyl (C=O) groups is 1. The zero-order valence-electron chi connectivity index (χ0n) is 14.9. The van der Waals surface area contributed by atoms with E-state index in [-0.39, 0.29) is 18.1 Å². The van der Waals surface area contributed by atoms with Gasteiger partial charge in [-0.05, 0) is 37.6 Å². The number of hydrogen-bond donors (Lipinski definition) is 1. The highest BCUT2D eigenvalue weighted by molar-refractivity contribution is 7.16. The highest BCUT2D eigenvalue weighted by Crippen LogP contribution is 2.23. The van der Waals surface area contributed by atoms with Gasteiger partial charge in [-0.15, -0.1) is 23.2 Å². The van der Waals surface area contributed by atoms with Crippen molar-refractivity contribution in [2.75, 3.05) is 11.9 Å². The van der Waals surface area contributed by atoms with Gasteiger partial charge in [0.2, 0.25) is 5.91 Å². The van der Waals surface area contributed by atoms with Crippen molar-refractivity contribution < 1.29 is 13.9 Å². The van der Waals surface area contributed by atoms with Crippen LogP contribution in [0.2, 0.25) is 0 Å². The molecule has 0 saturated carbocycles. The summed E-state index contributed by atoms with van der Waals surface area (Å²) in [6.45, 7) is 2.17. The van der Waals surface area contributed by atoms with E-state index in [9.17, 15) is 9.18 Å². The number of anilines is 1. The van der Waals surface area contributed by atoms with Crippen molar-refractivity contribution >= 4 is 33.1 Å². The van der Waals surface area contributed by atoms with Crippen LogP contribution in [-0.4, -0.2) is 17.5 Å². The van der Waals surface area contributed by atoms with E-state index in [0.717, 1.165) is 16.6 Å². The Hall–Kier alpha value is -2.91. The van der Waals surface area contributed by atoms with Crippen LogP contribution in [0.3, 0.4) is 0 Å². The van der Waals surface area contributed by atoms with Crippen LogP contribution in [0, 0.1) is 17.7 Å². The molecule has 0 aliphatic heterocycles. The first-order valence-corrected chi connectivity index (χ1v) is 9.48. The summed E-state index contributed by atoms with van der Waals surface area (Å²) in [6.07, 6.45) is 1.38. The SMILES string of the molecule is CC#CCCCOc1cccc(CC(=O)Nc2ccc3ncsc3c2)c1F. The number of hydrogen-bond acceptors (Lipinski definition) is 4. The topological polar surface area (TPSA) is 51.2 Å². The fourth-order valence-corrected chi connectivity index (χ4v) is 3.30. The number of nitrogens with one attached hydrogen (secondary N) is 1. The van der Waals surface area contributed by atoms with Crippen LogP contribution in [0.1, 0.15) is 25.3 Å². The highest BCUT2D eigenvalue weighted by atomic mass is 32.1. The number of thiazole rings is 1. The lowest BCUT2D eigenvalue weighted by molar-refractivity contribution is -0.115. The molecule has 0 spiro atoms. The molecule has 4 nitrogen and oxygen atoms in total. The summed E-state index contributed by atoms with van der Waals surface area (Å²) < 4.78 is 21.0. The molecule has 27 heavy (non-hydrogen) atoms. The van der Waals surface area contributed by atoms with Gasteiger partial charge in [-0.25, -0.2) is 9.37 Å². The maximum Gasteiger partial charge on any atom is 0.228 e. The number of halogens is 1. The summed E-state index contributed by atoms with van der Waals surface area (Å²) in [6, 6.07) is 10.3. The van der Waals surface area contributed by atoms with Gasteiger partial charge in [0.15, 0.2) is 11.6 Å². The van der Waals surface area contributed by atoms with Gasteiger partial charge >= 0.3 is 0 Å². The molecule has 1 aromatic heterocycles. The number of unbranched alkanes of at least 4 members (excludes halogenated alkanes) is 1. The molecule has 0 bridgehead atoms. The predicted octanol–water partition coefficient (Wildman–Crippen LogP) is 4.80. The number of aromatic nitrogens is 1. The third-order valence-corrected chi connectivity index (χ3v) is 4.68. The van der Waals surface area contributed by atoms with Crippen LogP contribution >= 0.6 is 11.3 Å². The smallest absolute Gasteiger partial charge is 0.228 e. The van der Waals surface area contributed by atoms with E-state index < -0.39 is 5.82 Å². The molecule has 0 aliphatic rings. The largest absolute Gasteiger partial charge is 0.490 e. The molecule has 6 heteroatoms. The van der Waals surface area contributed by atoms with Crippen molar-refractivity contribution in [1.29, 1.82) is 0 Å². The van der Waals surface area contributed by atoms with E-state index in [1.54, 1.807) is 36.7 Å². The maximum absolute atomic E-state index is 14.6. The van der Waals surface area contributed by atoms with Crippen molar-refractivity contribution in [3.63, 3.8) is 0 Å². The highest BCUT2D eigenvalue weighted by Gasteiger charge is 2.13. The van der Waals surface area contributed by atoms with Crippen LogP contribution in [-0.2, 0) is 11.2 Å². The quantitative estimate of drug-likeness (QED) is 0.472. The molecule has 1 heterocycles. The third kappa shape index (κ3) is 5.05. The Labute approximate surface area is 161 Å². The van der Waals surface area contributed by atoms with E-state index in [1.807, 2.05) is 12.1 Å². The number of fused-ring (bicyclic) bond motifs is 1. The molecule has 3 aromatic rings. The molecular formula is C21H19FN2O2S. The monoisotopic (exact) mass is 382 g/mol. The van der Waals surface area contributed by atoms with Gasteiger partial charge in [0.1, 0.15) is 0 Å². The number of amides is 1. The van der Waals surface area contributed by atoms with Crippen molar-refractivity contribution in [3.05, 3.63) is 53.3 Å². The predicted molar refractivity (Wildman–Crippen MR) is 107 cm³/mol. The Bertz CT molecular complexity index is 1000. The van der Waals surface area contributed by atoms with Crippen LogP contribution in [0.5, 0.6) is 5.75 Å². The number of benzene rings is 2. The Balaban J connectivity index is 1.61. The second-order valence-electron chi connectivity index (χ2n) is 5.87. The van der Waals surface area contributed by atoms with Gasteiger partial charge < -0.3 is 10.1 Å². The third-order valence-electron chi connectivity index (χ3n) is 3.89. The van der Waals surface area contributed by atoms with Gasteiger partial charge in [0, 0.05) is 17.7 Å². The van der Waals surface area contributed by atoms with E-state index in [1.165, 1.54) is 11.3 Å². The molecule has 0 unspecified atom stereocenters. The fraction of sp³-hybridized carbons (Fsp3) is 0.238. The van der Waals surface area contributed by atoms with Gasteiger partial charge in [-0.2, -0.15) is 0 Å². The van der Waals surface area contributed by atoms with Gasteiger partial charge in [0.05, 0.1) is 28.8 Å². The summed E-state index contributed by atoms with van der Waals surface area (Å²) in [7, 11) is 0. The van der Waals surface area contributed by atoms with E-state index in [4.69, 9.17) is 4.74 Å². The molecule has 0 saturated heterocycles. The molecule has 1 amide bonds. The normalized spacial score (nSPS) is 10.3. The zero-order chi connectivity index (χ0) is 19.1. The summed E-state index contributed by atoms with van der Waals surface area (Å²) in [4.78, 5) is 16.5. The summed E-state index contributed by atoms with van der Waals surface area (Å²) in [5.74, 6) is 5.13. The lowest BCUT2D eigenvalue weighted by Gasteiger charge is -2.10. The van der Waals surface area contributed by atoms with Gasteiger partial charge in [-0.3, -0.25) is 4.79 Å². The number of nitrogens with zero attached hydrogens (tertiary/aromatic N) is 1. The average molecular weight is 382 g/mol. The second kappa shape index (κ2) is 9.15. The lowest BCUT2D eigenvalue weighted by atomic mass is 10.1. The fourth-order valence-electron chi connectivity index (χ4n) is 2.58. The van der Waals surface area contributed by atoms with Crippen molar-refractivity contribution in [2.45, 2.75) is 26.2 Å². The standard InChI is InChI=1S/C21H19FN2O2S/c1-2-3-4-5-11-26-18-8-6-7-15(21(18)22)12-20(25)24-16-9-10-17-19(13-16)27-14-23-17/h6-10,13-14H,4-5,11-12H2,1H3,(H,24,25). The second-order valence-corrected chi connectivity index (χ2v) is 6.75. The van der Waals surface area contributed by atoms with Crippen molar-refractivity contribution in [3.8, 4) is 17.6 Å². The summed E-state index contributed by atoms with van der Waals surface area (Å²) >= 11 is 1.50. The van der Waals surface area contributed by atoms with Crippen LogP contribution < -0.4 is 10.1 Å². The van der Waals surface area contributed by atoms with Crippen LogP contribution in [0.25, 0.3) is 10.2 Å². The number of carbonyl (C=O) groups excluding carboxylic acids is 1. The van der Waals surface area contributed by atoms with Gasteiger partial charge in [-0.1, -0.05) is 12.1 Å². The van der Waals surface area contributed by atoms with Crippen molar-refractivity contribution in [2.24, 2.45) is 0 Å². The van der Waals surface area contributed by atoms with Crippen LogP contribution in [0.15, 0.2) is 41.9 Å². The average Bonchev–Trinajstić information content (AvgIpc) is 3.12. The van der Waals surface area contributed by atoms with E-state index in [0.29, 0.717) is 24.3 Å². The summed E-state index contributed by atoms with van der Waals surface area (Å²) in [5.41, 5.74) is 3.61. The molecule has 3 rings (SSSR count). The molecule has 0 radical (unpaired) electrons. The van der Waals surface area contributed by atoms with E-state index >= 15 is 0 Å². The molecule has 0 fully saturated rings. The molecular weight excluding hydrogens is 363 g/mol. The first kappa shape index (κ1) is 18.9. The minimum absolute atomic E-state index is 0.0644. The Morgan fingerprint density at radius 2 is 2.22 bits per heavy atom. The van der Waals surface area contributed by atoms with Gasteiger partial charge in [0.25, 0.3) is 0 Å². The molecule has 2 aromatic carbocycles. The minimum Gasteiger partial charge on any atom is -0.490 e. The maximum atomic E-state index is 14.6. The Kier molecular flexibility index (Phi) is 6.39. The number of rotatable bonds is 7. The Morgan fingerprint density at radius 3 is 3.07 bits per heavy atom. The van der Waals surface area contributed by atoms with Crippen LogP contribution in [0.4, 0.5) is 10.1 Å². The first-order chi connectivity index (χ1) is 13.2. The molecule has 1 N–H and O–H groups in total. The van der Waals surface area contributed by atoms with Crippen molar-refractivity contribution in [1.82, 2.24) is 4.98 Å². The summed E-state index contributed by atoms with van der Waals surface area (Å²) in [5, 5.41) is 2.80.